The van der Waals surface area contributed by atoms with Crippen LogP contribution in [-0.2, 0) is 26.2 Å². The zero-order valence-electron chi connectivity index (χ0n) is 18.1. The number of imidazole rings is 3. The van der Waals surface area contributed by atoms with Gasteiger partial charge in [0.15, 0.2) is 21.7 Å². The van der Waals surface area contributed by atoms with Gasteiger partial charge in [-0.05, 0) is 35.0 Å². The highest BCUT2D eigenvalue weighted by molar-refractivity contribution is 9.10. The SMILES string of the molecule is CCn1cnc2c(NCc3nc4cc(Cl)c(Cl)cc4[nH]3)nc(N3CCn4c(cnc4Br)C3)nc21. The summed E-state index contributed by atoms with van der Waals surface area (Å²) in [4.78, 5) is 28.7. The van der Waals surface area contributed by atoms with Gasteiger partial charge in [-0.1, -0.05) is 23.2 Å². The smallest absolute Gasteiger partial charge is 0.229 e. The van der Waals surface area contributed by atoms with Gasteiger partial charge in [0.1, 0.15) is 5.82 Å². The second-order valence-electron chi connectivity index (χ2n) is 7.99. The molecule has 34 heavy (non-hydrogen) atoms. The van der Waals surface area contributed by atoms with Crippen LogP contribution in [0, 0.1) is 0 Å². The van der Waals surface area contributed by atoms with Gasteiger partial charge in [-0.2, -0.15) is 9.97 Å². The summed E-state index contributed by atoms with van der Waals surface area (Å²) in [5.74, 6) is 2.05. The van der Waals surface area contributed by atoms with Crippen molar-refractivity contribution in [3.8, 4) is 0 Å². The molecule has 1 aliphatic heterocycles. The third kappa shape index (κ3) is 3.68. The van der Waals surface area contributed by atoms with Gasteiger partial charge in [-0.25, -0.2) is 15.0 Å². The highest BCUT2D eigenvalue weighted by Crippen LogP contribution is 2.28. The lowest BCUT2D eigenvalue weighted by molar-refractivity contribution is 0.554. The number of rotatable bonds is 5. The topological polar surface area (TPSA) is 105 Å². The van der Waals surface area contributed by atoms with Gasteiger partial charge in [0.2, 0.25) is 5.95 Å². The van der Waals surface area contributed by atoms with Crippen LogP contribution in [-0.4, -0.2) is 45.6 Å². The Kier molecular flexibility index (Phi) is 5.34. The number of halogens is 3. The number of hydrogen-bond donors (Lipinski definition) is 2. The Morgan fingerprint density at radius 2 is 1.97 bits per heavy atom. The van der Waals surface area contributed by atoms with Crippen LogP contribution in [0.4, 0.5) is 11.8 Å². The molecule has 0 amide bonds. The normalized spacial score (nSPS) is 13.7. The second kappa shape index (κ2) is 8.40. The molecule has 4 aromatic heterocycles. The molecule has 5 heterocycles. The number of anilines is 2. The monoisotopic (exact) mass is 560 g/mol. The first kappa shape index (κ1) is 21.6. The van der Waals surface area contributed by atoms with Crippen LogP contribution in [0.25, 0.3) is 22.2 Å². The Morgan fingerprint density at radius 3 is 2.82 bits per heavy atom. The maximum Gasteiger partial charge on any atom is 0.229 e. The number of hydrogen-bond acceptors (Lipinski definition) is 7. The summed E-state index contributed by atoms with van der Waals surface area (Å²) < 4.78 is 5.02. The summed E-state index contributed by atoms with van der Waals surface area (Å²) in [6.07, 6.45) is 3.67. The van der Waals surface area contributed by atoms with Crippen LogP contribution in [0.1, 0.15) is 18.4 Å². The molecule has 174 valence electrons. The molecule has 0 saturated carbocycles. The quantitative estimate of drug-likeness (QED) is 0.322. The molecule has 0 saturated heterocycles. The zero-order valence-corrected chi connectivity index (χ0v) is 21.2. The van der Waals surface area contributed by atoms with Gasteiger partial charge in [0, 0.05) is 19.6 Å². The largest absolute Gasteiger partial charge is 0.361 e. The molecule has 0 bridgehead atoms. The Hall–Kier alpha value is -2.89. The van der Waals surface area contributed by atoms with Crippen molar-refractivity contribution in [3.05, 3.63) is 51.0 Å². The van der Waals surface area contributed by atoms with Gasteiger partial charge < -0.3 is 24.3 Å². The maximum atomic E-state index is 6.14. The van der Waals surface area contributed by atoms with Gasteiger partial charge in [-0.15, -0.1) is 0 Å². The summed E-state index contributed by atoms with van der Waals surface area (Å²) >= 11 is 15.8. The van der Waals surface area contributed by atoms with Crippen LogP contribution in [0.2, 0.25) is 10.0 Å². The fourth-order valence-corrected chi connectivity index (χ4v) is 4.98. The molecule has 0 atom stereocenters. The third-order valence-corrected chi connectivity index (χ3v) is 7.26. The van der Waals surface area contributed by atoms with Crippen molar-refractivity contribution in [2.45, 2.75) is 33.1 Å². The van der Waals surface area contributed by atoms with E-state index in [4.69, 9.17) is 33.2 Å². The number of aromatic nitrogens is 8. The van der Waals surface area contributed by atoms with E-state index >= 15 is 0 Å². The van der Waals surface area contributed by atoms with Crippen molar-refractivity contribution in [3.63, 3.8) is 0 Å². The minimum atomic E-state index is 0.425. The van der Waals surface area contributed by atoms with Crippen molar-refractivity contribution in [2.24, 2.45) is 0 Å². The molecule has 6 rings (SSSR count). The predicted octanol–water partition coefficient (Wildman–Crippen LogP) is 4.62. The number of aromatic amines is 1. The van der Waals surface area contributed by atoms with E-state index in [-0.39, 0.29) is 0 Å². The van der Waals surface area contributed by atoms with Crippen molar-refractivity contribution < 1.29 is 0 Å². The average Bonchev–Trinajstić information content (AvgIpc) is 3.54. The molecular formula is C21H19BrCl2N10. The average molecular weight is 562 g/mol. The van der Waals surface area contributed by atoms with E-state index < -0.39 is 0 Å². The lowest BCUT2D eigenvalue weighted by atomic mass is 10.3. The van der Waals surface area contributed by atoms with Crippen LogP contribution < -0.4 is 10.2 Å². The first-order valence-corrected chi connectivity index (χ1v) is 12.3. The van der Waals surface area contributed by atoms with Gasteiger partial charge >= 0.3 is 0 Å². The van der Waals surface area contributed by atoms with Crippen LogP contribution >= 0.6 is 39.1 Å². The van der Waals surface area contributed by atoms with E-state index in [1.54, 1.807) is 18.5 Å². The number of fused-ring (bicyclic) bond motifs is 3. The molecule has 10 nitrogen and oxygen atoms in total. The first-order valence-electron chi connectivity index (χ1n) is 10.8. The molecule has 0 radical (unpaired) electrons. The van der Waals surface area contributed by atoms with E-state index in [2.05, 4.69) is 57.6 Å². The molecule has 0 fully saturated rings. The van der Waals surface area contributed by atoms with Crippen molar-refractivity contribution in [1.82, 2.24) is 39.0 Å². The number of aryl methyl sites for hydroxylation is 1. The van der Waals surface area contributed by atoms with Gasteiger partial charge in [0.25, 0.3) is 0 Å². The fourth-order valence-electron chi connectivity index (χ4n) is 4.15. The summed E-state index contributed by atoms with van der Waals surface area (Å²) in [5, 5.41) is 4.36. The lowest BCUT2D eigenvalue weighted by Gasteiger charge is -2.28. The Labute approximate surface area is 212 Å². The summed E-state index contributed by atoms with van der Waals surface area (Å²) in [7, 11) is 0. The van der Waals surface area contributed by atoms with Crippen molar-refractivity contribution in [2.75, 3.05) is 16.8 Å². The lowest BCUT2D eigenvalue weighted by Crippen LogP contribution is -2.34. The van der Waals surface area contributed by atoms with Crippen LogP contribution in [0.5, 0.6) is 0 Å². The number of nitrogens with one attached hydrogen (secondary N) is 2. The summed E-state index contributed by atoms with van der Waals surface area (Å²) in [5.41, 5.74) is 4.20. The molecule has 0 aliphatic carbocycles. The molecule has 0 spiro atoms. The maximum absolute atomic E-state index is 6.14. The summed E-state index contributed by atoms with van der Waals surface area (Å²) in [6, 6.07) is 3.53. The third-order valence-electron chi connectivity index (χ3n) is 5.91. The van der Waals surface area contributed by atoms with Crippen LogP contribution in [0.15, 0.2) is 29.4 Å². The number of benzene rings is 1. The summed E-state index contributed by atoms with van der Waals surface area (Å²) in [6.45, 7) is 5.51. The minimum Gasteiger partial charge on any atom is -0.361 e. The van der Waals surface area contributed by atoms with E-state index in [9.17, 15) is 0 Å². The Bertz CT molecular complexity index is 1500. The molecule has 5 aromatic rings. The minimum absolute atomic E-state index is 0.425. The second-order valence-corrected chi connectivity index (χ2v) is 9.51. The Morgan fingerprint density at radius 1 is 1.12 bits per heavy atom. The molecular weight excluding hydrogens is 543 g/mol. The highest BCUT2D eigenvalue weighted by atomic mass is 79.9. The highest BCUT2D eigenvalue weighted by Gasteiger charge is 2.23. The van der Waals surface area contributed by atoms with Crippen molar-refractivity contribution in [1.29, 1.82) is 0 Å². The number of nitrogens with zero attached hydrogens (tertiary/aromatic N) is 8. The first-order chi connectivity index (χ1) is 16.5. The number of H-pyrrole nitrogens is 1. The molecule has 1 aromatic carbocycles. The fraction of sp³-hybridized carbons (Fsp3) is 0.286. The molecule has 0 unspecified atom stereocenters. The predicted molar refractivity (Wildman–Crippen MR) is 135 cm³/mol. The zero-order chi connectivity index (χ0) is 23.4. The Balaban J connectivity index is 1.33. The molecule has 1 aliphatic rings. The van der Waals surface area contributed by atoms with Crippen molar-refractivity contribution >= 4 is 73.1 Å². The van der Waals surface area contributed by atoms with Gasteiger partial charge in [-0.3, -0.25) is 0 Å². The van der Waals surface area contributed by atoms with Crippen LogP contribution in [0.3, 0.4) is 0 Å². The van der Waals surface area contributed by atoms with E-state index in [0.29, 0.717) is 34.9 Å². The van der Waals surface area contributed by atoms with E-state index in [0.717, 1.165) is 58.1 Å². The molecule has 2 N–H and O–H groups in total. The van der Waals surface area contributed by atoms with Gasteiger partial charge in [0.05, 0.1) is 52.4 Å². The standard InChI is InChI=1S/C21H19BrCl2N10/c1-2-32-10-27-17-18(25-8-16-28-14-5-12(23)13(24)6-15(14)29-16)30-21(31-19(17)32)33-3-4-34-11(9-33)7-26-20(34)22/h5-7,10H,2-4,8-9H2,1H3,(H,28,29)(H,25,30,31). The van der Waals surface area contributed by atoms with E-state index in [1.807, 2.05) is 10.8 Å². The molecule has 13 heteroatoms. The van der Waals surface area contributed by atoms with E-state index in [1.165, 1.54) is 0 Å².